The fourth-order valence-corrected chi connectivity index (χ4v) is 2.37. The Labute approximate surface area is 125 Å². The van der Waals surface area contributed by atoms with Crippen molar-refractivity contribution in [3.63, 3.8) is 0 Å². The molecule has 0 fully saturated rings. The zero-order chi connectivity index (χ0) is 13.8. The van der Waals surface area contributed by atoms with Crippen LogP contribution in [0.15, 0.2) is 46.9 Å². The third kappa shape index (κ3) is 3.58. The fourth-order valence-electron chi connectivity index (χ4n) is 1.71. The van der Waals surface area contributed by atoms with Gasteiger partial charge in [0, 0.05) is 5.56 Å². The van der Waals surface area contributed by atoms with Crippen LogP contribution in [0.4, 0.5) is 0 Å². The molecule has 98 valence electrons. The molecule has 0 aliphatic heterocycles. The van der Waals surface area contributed by atoms with Gasteiger partial charge in [0.05, 0.1) is 4.47 Å². The number of aryl methyl sites for hydroxylation is 1. The zero-order valence-corrected chi connectivity index (χ0v) is 12.7. The lowest BCUT2D eigenvalue weighted by Gasteiger charge is -2.11. The van der Waals surface area contributed by atoms with Gasteiger partial charge in [-0.3, -0.25) is 4.79 Å². The monoisotopic (exact) mass is 338 g/mol. The average molecular weight is 340 g/mol. The van der Waals surface area contributed by atoms with Crippen LogP contribution in [0.1, 0.15) is 21.5 Å². The molecule has 0 aliphatic carbocycles. The molecule has 0 heterocycles. The van der Waals surface area contributed by atoms with E-state index in [0.29, 0.717) is 17.9 Å². The van der Waals surface area contributed by atoms with Gasteiger partial charge in [-0.25, -0.2) is 0 Å². The van der Waals surface area contributed by atoms with E-state index in [0.717, 1.165) is 15.6 Å². The molecule has 0 unspecified atom stereocenters. The lowest BCUT2D eigenvalue weighted by Crippen LogP contribution is -1.99. The highest BCUT2D eigenvalue weighted by atomic mass is 79.9. The second-order valence-corrected chi connectivity index (χ2v) is 5.34. The average Bonchev–Trinajstić information content (AvgIpc) is 2.40. The van der Waals surface area contributed by atoms with Gasteiger partial charge in [0.25, 0.3) is 5.24 Å². The van der Waals surface area contributed by atoms with Crippen molar-refractivity contribution in [1.82, 2.24) is 0 Å². The van der Waals surface area contributed by atoms with Crippen LogP contribution < -0.4 is 4.74 Å². The molecule has 2 aromatic rings. The number of rotatable bonds is 4. The van der Waals surface area contributed by atoms with E-state index >= 15 is 0 Å². The molecular weight excluding hydrogens is 328 g/mol. The van der Waals surface area contributed by atoms with Gasteiger partial charge in [0.2, 0.25) is 0 Å². The Hall–Kier alpha value is -1.32. The Balaban J connectivity index is 2.17. The smallest absolute Gasteiger partial charge is 0.252 e. The minimum Gasteiger partial charge on any atom is -0.488 e. The topological polar surface area (TPSA) is 26.3 Å². The number of hydrogen-bond donors (Lipinski definition) is 0. The van der Waals surface area contributed by atoms with Crippen molar-refractivity contribution in [2.75, 3.05) is 0 Å². The van der Waals surface area contributed by atoms with E-state index in [1.165, 1.54) is 0 Å². The van der Waals surface area contributed by atoms with Gasteiger partial charge in [-0.2, -0.15) is 0 Å². The number of carbonyl (C=O) groups is 1. The summed E-state index contributed by atoms with van der Waals surface area (Å²) in [5.41, 5.74) is 2.37. The maximum atomic E-state index is 11.2. The Bertz CT molecular complexity index is 597. The van der Waals surface area contributed by atoms with Gasteiger partial charge in [-0.05, 0) is 57.7 Å². The first kappa shape index (κ1) is 14.1. The molecule has 19 heavy (non-hydrogen) atoms. The van der Waals surface area contributed by atoms with E-state index in [2.05, 4.69) is 15.9 Å². The largest absolute Gasteiger partial charge is 0.488 e. The van der Waals surface area contributed by atoms with Crippen LogP contribution in [-0.4, -0.2) is 5.24 Å². The molecule has 0 radical (unpaired) electrons. The molecule has 0 atom stereocenters. The summed E-state index contributed by atoms with van der Waals surface area (Å²) in [6.07, 6.45) is 0. The van der Waals surface area contributed by atoms with Crippen molar-refractivity contribution in [3.05, 3.63) is 63.6 Å². The van der Waals surface area contributed by atoms with Crippen molar-refractivity contribution >= 4 is 32.8 Å². The summed E-state index contributed by atoms with van der Waals surface area (Å²) in [5.74, 6) is 0.697. The molecule has 4 heteroatoms. The predicted octanol–water partition coefficient (Wildman–Crippen LogP) is 4.72. The van der Waals surface area contributed by atoms with E-state index < -0.39 is 5.24 Å². The van der Waals surface area contributed by atoms with Crippen molar-refractivity contribution in [2.24, 2.45) is 0 Å². The molecule has 0 saturated carbocycles. The van der Waals surface area contributed by atoms with E-state index in [-0.39, 0.29) is 0 Å². The standard InChI is InChI=1S/C15H12BrClO2/c1-10-7-14(13(16)8-12(10)15(17)18)19-9-11-5-3-2-4-6-11/h2-8H,9H2,1H3. The summed E-state index contributed by atoms with van der Waals surface area (Å²) < 4.78 is 6.46. The third-order valence-corrected chi connectivity index (χ3v) is 3.55. The van der Waals surface area contributed by atoms with Crippen LogP contribution in [-0.2, 0) is 6.61 Å². The molecule has 0 N–H and O–H groups in total. The minimum atomic E-state index is -0.465. The predicted molar refractivity (Wildman–Crippen MR) is 79.8 cm³/mol. The van der Waals surface area contributed by atoms with Crippen molar-refractivity contribution in [1.29, 1.82) is 0 Å². The summed E-state index contributed by atoms with van der Waals surface area (Å²) in [5, 5.41) is -0.465. The highest BCUT2D eigenvalue weighted by Crippen LogP contribution is 2.30. The van der Waals surface area contributed by atoms with Crippen LogP contribution in [0.5, 0.6) is 5.75 Å². The van der Waals surface area contributed by atoms with Gasteiger partial charge < -0.3 is 4.74 Å². The van der Waals surface area contributed by atoms with Gasteiger partial charge in [-0.1, -0.05) is 30.3 Å². The van der Waals surface area contributed by atoms with Gasteiger partial charge in [0.1, 0.15) is 12.4 Å². The van der Waals surface area contributed by atoms with Crippen LogP contribution >= 0.6 is 27.5 Å². The number of hydrogen-bond acceptors (Lipinski definition) is 2. The molecule has 0 aliphatic rings. The van der Waals surface area contributed by atoms with E-state index in [9.17, 15) is 4.79 Å². The minimum absolute atomic E-state index is 0.465. The molecule has 2 aromatic carbocycles. The van der Waals surface area contributed by atoms with Crippen molar-refractivity contribution in [2.45, 2.75) is 13.5 Å². The molecule has 0 saturated heterocycles. The maximum absolute atomic E-state index is 11.2. The van der Waals surface area contributed by atoms with E-state index in [1.54, 1.807) is 6.07 Å². The normalized spacial score (nSPS) is 10.3. The second-order valence-electron chi connectivity index (χ2n) is 4.15. The summed E-state index contributed by atoms with van der Waals surface area (Å²) in [6, 6.07) is 13.4. The van der Waals surface area contributed by atoms with Crippen LogP contribution in [0.2, 0.25) is 0 Å². The Morgan fingerprint density at radius 1 is 1.26 bits per heavy atom. The van der Waals surface area contributed by atoms with Crippen molar-refractivity contribution < 1.29 is 9.53 Å². The molecule has 2 nitrogen and oxygen atoms in total. The molecule has 0 bridgehead atoms. The summed E-state index contributed by atoms with van der Waals surface area (Å²) in [4.78, 5) is 11.2. The molecule has 2 rings (SSSR count). The third-order valence-electron chi connectivity index (χ3n) is 2.73. The molecular formula is C15H12BrClO2. The number of ether oxygens (including phenoxy) is 1. The quantitative estimate of drug-likeness (QED) is 0.754. The van der Waals surface area contributed by atoms with E-state index in [1.807, 2.05) is 43.3 Å². The first-order valence-corrected chi connectivity index (χ1v) is 6.91. The van der Waals surface area contributed by atoms with Gasteiger partial charge in [-0.15, -0.1) is 0 Å². The lowest BCUT2D eigenvalue weighted by molar-refractivity contribution is 0.108. The van der Waals surface area contributed by atoms with Gasteiger partial charge in [0.15, 0.2) is 0 Å². The molecule has 0 amide bonds. The summed E-state index contributed by atoms with van der Waals surface area (Å²) in [6.45, 7) is 2.31. The first-order valence-electron chi connectivity index (χ1n) is 5.74. The Morgan fingerprint density at radius 3 is 2.58 bits per heavy atom. The summed E-state index contributed by atoms with van der Waals surface area (Å²) >= 11 is 8.89. The zero-order valence-electron chi connectivity index (χ0n) is 10.3. The van der Waals surface area contributed by atoms with Crippen LogP contribution in [0.25, 0.3) is 0 Å². The molecule has 0 aromatic heterocycles. The van der Waals surface area contributed by atoms with E-state index in [4.69, 9.17) is 16.3 Å². The van der Waals surface area contributed by atoms with Crippen molar-refractivity contribution in [3.8, 4) is 5.75 Å². The Morgan fingerprint density at radius 2 is 1.95 bits per heavy atom. The number of benzene rings is 2. The summed E-state index contributed by atoms with van der Waals surface area (Å²) in [7, 11) is 0. The number of carbonyl (C=O) groups excluding carboxylic acids is 1. The number of halogens is 2. The SMILES string of the molecule is Cc1cc(OCc2ccccc2)c(Br)cc1C(=O)Cl. The molecule has 0 spiro atoms. The highest BCUT2D eigenvalue weighted by Gasteiger charge is 2.11. The second kappa shape index (κ2) is 6.22. The maximum Gasteiger partial charge on any atom is 0.252 e. The fraction of sp³-hybridized carbons (Fsp3) is 0.133. The highest BCUT2D eigenvalue weighted by molar-refractivity contribution is 9.10. The van der Waals surface area contributed by atoms with Crippen LogP contribution in [0, 0.1) is 6.92 Å². The lowest BCUT2D eigenvalue weighted by atomic mass is 10.1. The Kier molecular flexibility index (Phi) is 4.61. The van der Waals surface area contributed by atoms with Gasteiger partial charge >= 0.3 is 0 Å². The van der Waals surface area contributed by atoms with Crippen LogP contribution in [0.3, 0.4) is 0 Å². The first-order chi connectivity index (χ1) is 9.08.